The first-order valence-electron chi connectivity index (χ1n) is 12.7. The molecule has 31 heavy (non-hydrogen) atoms. The third kappa shape index (κ3) is 19.1. The summed E-state index contributed by atoms with van der Waals surface area (Å²) < 4.78 is 10.6. The molecule has 0 saturated carbocycles. The van der Waals surface area contributed by atoms with Gasteiger partial charge in [0.25, 0.3) is 0 Å². The van der Waals surface area contributed by atoms with Crippen molar-refractivity contribution in [3.8, 4) is 0 Å². The summed E-state index contributed by atoms with van der Waals surface area (Å²) in [7, 11) is 0. The van der Waals surface area contributed by atoms with Gasteiger partial charge in [-0.15, -0.1) is 10.2 Å². The Bertz CT molecular complexity index is 497. The fraction of sp³-hybridized carbons (Fsp3) is 0.917. The molecule has 1 N–H and O–H groups in total. The maximum absolute atomic E-state index is 11.9. The fourth-order valence-corrected chi connectivity index (χ4v) is 3.70. The monoisotopic (exact) mass is 438 g/mol. The second-order valence-corrected chi connectivity index (χ2v) is 8.38. The Morgan fingerprint density at radius 2 is 1.26 bits per heavy atom. The summed E-state index contributed by atoms with van der Waals surface area (Å²) in [4.78, 5) is 11.9. The molecule has 0 fully saturated rings. The van der Waals surface area contributed by atoms with Gasteiger partial charge in [0.15, 0.2) is 5.82 Å². The Kier molecular flexibility index (Phi) is 19.5. The maximum Gasteiger partial charge on any atom is 0.174 e. The number of aryl methyl sites for hydroxylation is 1. The summed E-state index contributed by atoms with van der Waals surface area (Å²) in [6.45, 7) is 4.65. The quantitative estimate of drug-likeness (QED) is 0.211. The largest absolute Gasteiger partial charge is 0.379 e. The van der Waals surface area contributed by atoms with Gasteiger partial charge >= 0.3 is 0 Å². The highest BCUT2D eigenvalue weighted by Crippen LogP contribution is 2.13. The number of carbonyl (C=O) groups is 1. The molecule has 7 nitrogen and oxygen atoms in total. The van der Waals surface area contributed by atoms with Crippen molar-refractivity contribution in [2.24, 2.45) is 0 Å². The van der Waals surface area contributed by atoms with Crippen molar-refractivity contribution in [1.82, 2.24) is 20.6 Å². The number of hydrogen-bond donors (Lipinski definition) is 1. The molecule has 7 heteroatoms. The summed E-state index contributed by atoms with van der Waals surface area (Å²) in [5.74, 6) is 1.23. The van der Waals surface area contributed by atoms with Gasteiger partial charge in [-0.3, -0.25) is 4.79 Å². The van der Waals surface area contributed by atoms with E-state index in [0.29, 0.717) is 32.0 Å². The van der Waals surface area contributed by atoms with Crippen LogP contribution in [-0.2, 0) is 20.7 Å². The molecule has 1 aromatic heterocycles. The summed E-state index contributed by atoms with van der Waals surface area (Å²) in [5, 5.41) is 14.0. The SMILES string of the molecule is CCOCCOCCCC(=O)CCCCCCCCCCCCCCCc1nn[nH]n1. The second-order valence-electron chi connectivity index (χ2n) is 8.38. The number of aromatic nitrogens is 4. The van der Waals surface area contributed by atoms with Crippen molar-refractivity contribution < 1.29 is 14.3 Å². The van der Waals surface area contributed by atoms with Crippen LogP contribution in [0.3, 0.4) is 0 Å². The van der Waals surface area contributed by atoms with Crippen LogP contribution in [0.1, 0.15) is 115 Å². The van der Waals surface area contributed by atoms with Gasteiger partial charge < -0.3 is 9.47 Å². The minimum absolute atomic E-state index is 0.392. The van der Waals surface area contributed by atoms with E-state index in [1.807, 2.05) is 6.92 Å². The number of unbranched alkanes of at least 4 members (excludes halogenated alkanes) is 12. The molecule has 0 aromatic carbocycles. The van der Waals surface area contributed by atoms with Crippen molar-refractivity contribution in [1.29, 1.82) is 0 Å². The zero-order valence-electron chi connectivity index (χ0n) is 19.9. The molecule has 0 saturated heterocycles. The average Bonchev–Trinajstić information content (AvgIpc) is 3.29. The predicted octanol–water partition coefficient (Wildman–Crippen LogP) is 5.61. The van der Waals surface area contributed by atoms with Gasteiger partial charge in [-0.25, -0.2) is 0 Å². The van der Waals surface area contributed by atoms with Gasteiger partial charge in [0.1, 0.15) is 5.78 Å². The summed E-state index contributed by atoms with van der Waals surface area (Å²) in [6, 6.07) is 0. The van der Waals surface area contributed by atoms with Crippen LogP contribution in [0.4, 0.5) is 0 Å². The molecule has 0 bridgehead atoms. The predicted molar refractivity (Wildman–Crippen MR) is 124 cm³/mol. The van der Waals surface area contributed by atoms with E-state index in [-0.39, 0.29) is 0 Å². The fourth-order valence-electron chi connectivity index (χ4n) is 3.70. The van der Waals surface area contributed by atoms with Gasteiger partial charge in [0, 0.05) is 32.5 Å². The maximum atomic E-state index is 11.9. The van der Waals surface area contributed by atoms with Crippen molar-refractivity contribution in [3.05, 3.63) is 5.82 Å². The topological polar surface area (TPSA) is 90.0 Å². The second kappa shape index (κ2) is 21.9. The number of rotatable bonds is 24. The Balaban J connectivity index is 1.69. The highest BCUT2D eigenvalue weighted by atomic mass is 16.5. The molecule has 0 aliphatic rings. The molecule has 1 heterocycles. The van der Waals surface area contributed by atoms with E-state index in [4.69, 9.17) is 9.47 Å². The first-order chi connectivity index (χ1) is 15.3. The first kappa shape index (κ1) is 27.7. The number of carbonyl (C=O) groups excluding carboxylic acids is 1. The van der Waals surface area contributed by atoms with E-state index in [1.54, 1.807) is 0 Å². The number of nitrogens with one attached hydrogen (secondary N) is 1. The van der Waals surface area contributed by atoms with Gasteiger partial charge in [-0.05, 0) is 26.2 Å². The van der Waals surface area contributed by atoms with Crippen LogP contribution >= 0.6 is 0 Å². The molecule has 0 spiro atoms. The number of ketones is 1. The molecular formula is C24H46N4O3. The average molecular weight is 439 g/mol. The lowest BCUT2D eigenvalue weighted by atomic mass is 10.0. The third-order valence-electron chi connectivity index (χ3n) is 5.57. The Morgan fingerprint density at radius 1 is 0.710 bits per heavy atom. The number of nitrogens with zero attached hydrogens (tertiary/aromatic N) is 3. The van der Waals surface area contributed by atoms with E-state index in [0.717, 1.165) is 44.5 Å². The van der Waals surface area contributed by atoms with Crippen molar-refractivity contribution in [2.45, 2.75) is 116 Å². The van der Waals surface area contributed by atoms with Gasteiger partial charge in [-0.1, -0.05) is 75.8 Å². The molecule has 1 aromatic rings. The number of aromatic amines is 1. The van der Waals surface area contributed by atoms with E-state index >= 15 is 0 Å². The molecule has 0 atom stereocenters. The Labute approximate surface area is 189 Å². The molecule has 0 aliphatic heterocycles. The van der Waals surface area contributed by atoms with Crippen molar-refractivity contribution in [3.63, 3.8) is 0 Å². The van der Waals surface area contributed by atoms with Crippen LogP contribution in [0.15, 0.2) is 0 Å². The zero-order valence-corrected chi connectivity index (χ0v) is 19.9. The summed E-state index contributed by atoms with van der Waals surface area (Å²) in [6.07, 6.45) is 19.9. The third-order valence-corrected chi connectivity index (χ3v) is 5.57. The minimum Gasteiger partial charge on any atom is -0.379 e. The number of hydrogen-bond acceptors (Lipinski definition) is 6. The lowest BCUT2D eigenvalue weighted by Crippen LogP contribution is -2.06. The molecule has 180 valence electrons. The Hall–Kier alpha value is -1.34. The van der Waals surface area contributed by atoms with Crippen molar-refractivity contribution >= 4 is 5.78 Å². The van der Waals surface area contributed by atoms with Gasteiger partial charge in [-0.2, -0.15) is 5.21 Å². The van der Waals surface area contributed by atoms with Crippen LogP contribution in [0.2, 0.25) is 0 Å². The minimum atomic E-state index is 0.392. The van der Waals surface area contributed by atoms with Gasteiger partial charge in [0.05, 0.1) is 13.2 Å². The number of Topliss-reactive ketones (excluding diaryl/α,β-unsaturated/α-hetero) is 1. The number of H-pyrrole nitrogens is 1. The normalized spacial score (nSPS) is 11.3. The Morgan fingerprint density at radius 3 is 1.84 bits per heavy atom. The lowest BCUT2D eigenvalue weighted by Gasteiger charge is -2.05. The summed E-state index contributed by atoms with van der Waals surface area (Å²) >= 11 is 0. The number of tetrazole rings is 1. The van der Waals surface area contributed by atoms with E-state index in [2.05, 4.69) is 20.6 Å². The highest BCUT2D eigenvalue weighted by molar-refractivity contribution is 5.78. The van der Waals surface area contributed by atoms with Crippen LogP contribution < -0.4 is 0 Å². The molecule has 0 radical (unpaired) electrons. The van der Waals surface area contributed by atoms with Crippen LogP contribution in [0.5, 0.6) is 0 Å². The van der Waals surface area contributed by atoms with Crippen LogP contribution in [-0.4, -0.2) is 52.8 Å². The smallest absolute Gasteiger partial charge is 0.174 e. The first-order valence-corrected chi connectivity index (χ1v) is 12.7. The number of ether oxygens (including phenoxy) is 2. The summed E-state index contributed by atoms with van der Waals surface area (Å²) in [5.41, 5.74) is 0. The van der Waals surface area contributed by atoms with E-state index in [1.165, 1.54) is 70.6 Å². The van der Waals surface area contributed by atoms with Crippen molar-refractivity contribution in [2.75, 3.05) is 26.4 Å². The van der Waals surface area contributed by atoms with Crippen LogP contribution in [0.25, 0.3) is 0 Å². The standard InChI is InChI=1S/C24H46N4O3/c1-2-30-21-22-31-20-16-18-23(29)17-14-12-10-8-6-4-3-5-7-9-11-13-15-19-24-25-27-28-26-24/h2-22H2,1H3,(H,25,26,27,28). The molecular weight excluding hydrogens is 392 g/mol. The molecule has 0 amide bonds. The lowest BCUT2D eigenvalue weighted by molar-refractivity contribution is -0.119. The van der Waals surface area contributed by atoms with E-state index < -0.39 is 0 Å². The molecule has 1 rings (SSSR count). The van der Waals surface area contributed by atoms with E-state index in [9.17, 15) is 4.79 Å². The molecule has 0 unspecified atom stereocenters. The van der Waals surface area contributed by atoms with Crippen LogP contribution in [0, 0.1) is 0 Å². The molecule has 0 aliphatic carbocycles. The highest BCUT2D eigenvalue weighted by Gasteiger charge is 2.02. The zero-order chi connectivity index (χ0) is 22.2. The van der Waals surface area contributed by atoms with Gasteiger partial charge in [0.2, 0.25) is 0 Å².